The van der Waals surface area contributed by atoms with Crippen molar-refractivity contribution in [2.75, 3.05) is 37.6 Å². The summed E-state index contributed by atoms with van der Waals surface area (Å²) in [4.78, 5) is 27.2. The van der Waals surface area contributed by atoms with Crippen LogP contribution in [0.1, 0.15) is 15.9 Å². The van der Waals surface area contributed by atoms with Crippen LogP contribution in [0.15, 0.2) is 53.4 Å². The van der Waals surface area contributed by atoms with E-state index in [0.29, 0.717) is 25.2 Å². The number of carbonyl (C=O) groups excluding carboxylic acids is 2. The summed E-state index contributed by atoms with van der Waals surface area (Å²) in [5, 5.41) is 0. The molecule has 2 aromatic carbocycles. The molecule has 0 saturated carbocycles. The van der Waals surface area contributed by atoms with Gasteiger partial charge in [0.15, 0.2) is 0 Å². The molecule has 0 aliphatic carbocycles. The summed E-state index contributed by atoms with van der Waals surface area (Å²) in [6, 6.07) is 14.0. The first kappa shape index (κ1) is 18.6. The van der Waals surface area contributed by atoms with E-state index in [1.54, 1.807) is 21.9 Å². The number of benzene rings is 2. The molecule has 4 rings (SSSR count). The fraction of sp³-hybridized carbons (Fsp3) is 0.300. The molecule has 2 amide bonds. The molecule has 0 N–H and O–H groups in total. The van der Waals surface area contributed by atoms with E-state index in [0.717, 1.165) is 24.1 Å². The molecule has 1 fully saturated rings. The topological polar surface area (TPSA) is 78.0 Å². The lowest BCUT2D eigenvalue weighted by atomic mass is 10.1. The molecule has 2 aromatic rings. The number of carbonyl (C=O) groups is 2. The molecule has 28 heavy (non-hydrogen) atoms. The van der Waals surface area contributed by atoms with Crippen molar-refractivity contribution in [3.63, 3.8) is 0 Å². The van der Waals surface area contributed by atoms with Gasteiger partial charge in [-0.2, -0.15) is 4.31 Å². The van der Waals surface area contributed by atoms with Gasteiger partial charge >= 0.3 is 0 Å². The summed E-state index contributed by atoms with van der Waals surface area (Å²) in [6.07, 6.45) is 1.53. The van der Waals surface area contributed by atoms with Gasteiger partial charge in [0.05, 0.1) is 4.90 Å². The van der Waals surface area contributed by atoms with Crippen LogP contribution in [0, 0.1) is 0 Å². The van der Waals surface area contributed by atoms with Gasteiger partial charge in [0.1, 0.15) is 0 Å². The van der Waals surface area contributed by atoms with E-state index in [1.165, 1.54) is 16.4 Å². The third kappa shape index (κ3) is 3.29. The molecule has 8 heteroatoms. The Morgan fingerprint density at radius 3 is 2.43 bits per heavy atom. The first-order valence-electron chi connectivity index (χ1n) is 9.20. The standard InChI is InChI=1S/C20H21N3O4S/c24-15-21-10-12-22(13-11-21)28(26,27)18-6-3-5-17(14-18)20(25)23-9-8-16-4-1-2-7-19(16)23/h1-7,14-15H,8-13H2. The maximum Gasteiger partial charge on any atom is 0.258 e. The average Bonchev–Trinajstić information content (AvgIpc) is 3.17. The van der Waals surface area contributed by atoms with Crippen LogP contribution in [0.3, 0.4) is 0 Å². The number of hydrogen-bond donors (Lipinski definition) is 0. The van der Waals surface area contributed by atoms with Gasteiger partial charge in [-0.05, 0) is 36.2 Å². The average molecular weight is 399 g/mol. The van der Waals surface area contributed by atoms with Crippen molar-refractivity contribution in [1.29, 1.82) is 0 Å². The van der Waals surface area contributed by atoms with Crippen LogP contribution in [0.5, 0.6) is 0 Å². The van der Waals surface area contributed by atoms with Crippen LogP contribution in [0.2, 0.25) is 0 Å². The first-order valence-corrected chi connectivity index (χ1v) is 10.6. The fourth-order valence-electron chi connectivity index (χ4n) is 3.69. The van der Waals surface area contributed by atoms with E-state index in [9.17, 15) is 18.0 Å². The van der Waals surface area contributed by atoms with Crippen molar-refractivity contribution in [3.05, 3.63) is 59.7 Å². The second kappa shape index (κ2) is 7.37. The molecule has 0 bridgehead atoms. The van der Waals surface area contributed by atoms with Crippen LogP contribution in [0.25, 0.3) is 0 Å². The van der Waals surface area contributed by atoms with Gasteiger partial charge in [0.25, 0.3) is 5.91 Å². The minimum absolute atomic E-state index is 0.102. The minimum atomic E-state index is -3.71. The number of fused-ring (bicyclic) bond motifs is 1. The number of nitrogens with zero attached hydrogens (tertiary/aromatic N) is 3. The second-order valence-corrected chi connectivity index (χ2v) is 8.85. The second-order valence-electron chi connectivity index (χ2n) is 6.91. The molecular formula is C20H21N3O4S. The molecule has 2 aliphatic rings. The van der Waals surface area contributed by atoms with E-state index in [1.807, 2.05) is 24.3 Å². The van der Waals surface area contributed by atoms with Crippen LogP contribution in [-0.4, -0.2) is 62.7 Å². The van der Waals surface area contributed by atoms with Crippen LogP contribution < -0.4 is 4.90 Å². The molecule has 0 radical (unpaired) electrons. The Labute approximate surface area is 164 Å². The summed E-state index contributed by atoms with van der Waals surface area (Å²) < 4.78 is 27.3. The van der Waals surface area contributed by atoms with Crippen LogP contribution >= 0.6 is 0 Å². The zero-order valence-corrected chi connectivity index (χ0v) is 16.1. The maximum absolute atomic E-state index is 13.0. The number of sulfonamides is 1. The quantitative estimate of drug-likeness (QED) is 0.727. The Hall–Kier alpha value is -2.71. The van der Waals surface area contributed by atoms with Gasteiger partial charge in [-0.1, -0.05) is 24.3 Å². The predicted octanol–water partition coefficient (Wildman–Crippen LogP) is 1.35. The highest BCUT2D eigenvalue weighted by atomic mass is 32.2. The van der Waals surface area contributed by atoms with E-state index in [2.05, 4.69) is 0 Å². The first-order chi connectivity index (χ1) is 13.5. The lowest BCUT2D eigenvalue weighted by Crippen LogP contribution is -2.48. The smallest absolute Gasteiger partial charge is 0.258 e. The highest BCUT2D eigenvalue weighted by Crippen LogP contribution is 2.29. The van der Waals surface area contributed by atoms with Crippen molar-refractivity contribution in [2.45, 2.75) is 11.3 Å². The highest BCUT2D eigenvalue weighted by molar-refractivity contribution is 7.89. The molecule has 0 unspecified atom stereocenters. The third-order valence-electron chi connectivity index (χ3n) is 5.27. The SMILES string of the molecule is O=CN1CCN(S(=O)(=O)c2cccc(C(=O)N3CCc4ccccc43)c2)CC1. The zero-order valence-electron chi connectivity index (χ0n) is 15.3. The summed E-state index contributed by atoms with van der Waals surface area (Å²) in [7, 11) is -3.71. The Morgan fingerprint density at radius 2 is 1.68 bits per heavy atom. The number of amides is 2. The molecular weight excluding hydrogens is 378 g/mol. The van der Waals surface area contributed by atoms with E-state index >= 15 is 0 Å². The minimum Gasteiger partial charge on any atom is -0.343 e. The zero-order chi connectivity index (χ0) is 19.7. The van der Waals surface area contributed by atoms with E-state index < -0.39 is 10.0 Å². The summed E-state index contributed by atoms with van der Waals surface area (Å²) in [6.45, 7) is 1.82. The highest BCUT2D eigenvalue weighted by Gasteiger charge is 2.30. The Balaban J connectivity index is 1.58. The molecule has 146 valence electrons. The van der Waals surface area contributed by atoms with Crippen molar-refractivity contribution in [3.8, 4) is 0 Å². The van der Waals surface area contributed by atoms with Gasteiger partial charge in [-0.3, -0.25) is 9.59 Å². The monoisotopic (exact) mass is 399 g/mol. The molecule has 0 aromatic heterocycles. The molecule has 0 atom stereocenters. The van der Waals surface area contributed by atoms with Crippen molar-refractivity contribution < 1.29 is 18.0 Å². The van der Waals surface area contributed by atoms with Crippen LogP contribution in [-0.2, 0) is 21.2 Å². The normalized spacial score (nSPS) is 17.4. The molecule has 0 spiro atoms. The van der Waals surface area contributed by atoms with Crippen molar-refractivity contribution in [1.82, 2.24) is 9.21 Å². The molecule has 2 heterocycles. The number of hydrogen-bond acceptors (Lipinski definition) is 4. The Bertz CT molecular complexity index is 1010. The predicted molar refractivity (Wildman–Crippen MR) is 105 cm³/mol. The lowest BCUT2D eigenvalue weighted by molar-refractivity contribution is -0.119. The van der Waals surface area contributed by atoms with Gasteiger partial charge in [-0.15, -0.1) is 0 Å². The van der Waals surface area contributed by atoms with Gasteiger partial charge in [-0.25, -0.2) is 8.42 Å². The van der Waals surface area contributed by atoms with E-state index in [4.69, 9.17) is 0 Å². The van der Waals surface area contributed by atoms with Gasteiger partial charge < -0.3 is 9.80 Å². The van der Waals surface area contributed by atoms with Crippen molar-refractivity contribution >= 4 is 28.0 Å². The van der Waals surface area contributed by atoms with Crippen molar-refractivity contribution in [2.24, 2.45) is 0 Å². The van der Waals surface area contributed by atoms with E-state index in [-0.39, 0.29) is 23.9 Å². The number of anilines is 1. The van der Waals surface area contributed by atoms with Gasteiger partial charge in [0.2, 0.25) is 16.4 Å². The molecule has 2 aliphatic heterocycles. The third-order valence-corrected chi connectivity index (χ3v) is 7.17. The number of rotatable bonds is 4. The van der Waals surface area contributed by atoms with Crippen LogP contribution in [0.4, 0.5) is 5.69 Å². The summed E-state index contributed by atoms with van der Waals surface area (Å²) in [5.74, 6) is -0.201. The summed E-state index contributed by atoms with van der Waals surface area (Å²) >= 11 is 0. The largest absolute Gasteiger partial charge is 0.343 e. The lowest BCUT2D eigenvalue weighted by Gasteiger charge is -2.31. The Kier molecular flexibility index (Phi) is 4.91. The number of piperazine rings is 1. The Morgan fingerprint density at radius 1 is 0.929 bits per heavy atom. The maximum atomic E-state index is 13.0. The fourth-order valence-corrected chi connectivity index (χ4v) is 5.16. The van der Waals surface area contributed by atoms with Gasteiger partial charge in [0, 0.05) is 44.0 Å². The summed E-state index contributed by atoms with van der Waals surface area (Å²) in [5.41, 5.74) is 2.35. The number of para-hydroxylation sites is 1. The molecule has 7 nitrogen and oxygen atoms in total. The molecule has 1 saturated heterocycles.